The maximum absolute atomic E-state index is 13.2. The van der Waals surface area contributed by atoms with Crippen LogP contribution in [0.3, 0.4) is 0 Å². The lowest BCUT2D eigenvalue weighted by Crippen LogP contribution is -2.42. The van der Waals surface area contributed by atoms with Gasteiger partial charge in [0.05, 0.1) is 5.75 Å². The fourth-order valence-corrected chi connectivity index (χ4v) is 7.93. The smallest absolute Gasteiger partial charge is 0.326 e. The van der Waals surface area contributed by atoms with Crippen molar-refractivity contribution < 1.29 is 27.9 Å². The number of piperidine rings is 1. The van der Waals surface area contributed by atoms with Crippen LogP contribution in [0.1, 0.15) is 140 Å². The Morgan fingerprint density at radius 2 is 1.54 bits per heavy atom. The standard InChI is InChI=1S/C26H34N2O5S.C10H22.C7H14.C2H6O/c1-18-7-6-13-28(16-18)17-20-10-11-22(23(15-20)21-9-5-4-8-19(21)2)25(29)27-24(26(30)31)12-14-34(3,32)33;1-5-7-10(4)8-9(3)6-2;1-7-5-3-2-4-6-7;1-3-2/h4-5,8-11,15,18,24H,6-7,12-14,16-17H2,1-3H3,(H,27,29)(H,30,31);9-10H,5-8H2,1-4H3;7H,2-6H2,1H3;1-2H3. The number of nitrogens with zero attached hydrogens (tertiary/aromatic N) is 1. The van der Waals surface area contributed by atoms with Gasteiger partial charge in [0.15, 0.2) is 0 Å². The number of methoxy groups -OCH3 is 1. The van der Waals surface area contributed by atoms with Gasteiger partial charge in [-0.25, -0.2) is 13.2 Å². The Balaban J connectivity index is 0.000000592. The lowest BCUT2D eigenvalue weighted by atomic mass is 9.91. The average molecular weight is 773 g/mol. The van der Waals surface area contributed by atoms with E-state index in [9.17, 15) is 23.1 Å². The highest BCUT2D eigenvalue weighted by Gasteiger charge is 2.25. The van der Waals surface area contributed by atoms with E-state index in [1.54, 1.807) is 20.3 Å². The van der Waals surface area contributed by atoms with Crippen molar-refractivity contribution in [1.29, 1.82) is 0 Å². The fourth-order valence-electron chi connectivity index (χ4n) is 7.27. The second-order valence-electron chi connectivity index (χ2n) is 16.3. The van der Waals surface area contributed by atoms with E-state index in [2.05, 4.69) is 56.5 Å². The third-order valence-corrected chi connectivity index (χ3v) is 11.4. The second kappa shape index (κ2) is 27.0. The molecule has 0 bridgehead atoms. The van der Waals surface area contributed by atoms with Gasteiger partial charge >= 0.3 is 5.97 Å². The first-order valence-corrected chi connectivity index (χ1v) is 22.6. The predicted molar refractivity (Wildman–Crippen MR) is 227 cm³/mol. The van der Waals surface area contributed by atoms with Crippen molar-refractivity contribution in [2.45, 2.75) is 138 Å². The zero-order valence-corrected chi connectivity index (χ0v) is 36.4. The van der Waals surface area contributed by atoms with E-state index in [1.165, 1.54) is 70.6 Å². The van der Waals surface area contributed by atoms with Crippen LogP contribution in [0.5, 0.6) is 0 Å². The number of rotatable bonds is 14. The molecule has 1 saturated carbocycles. The monoisotopic (exact) mass is 773 g/mol. The first kappa shape index (κ1) is 49.3. The van der Waals surface area contributed by atoms with E-state index in [0.717, 1.165) is 65.9 Å². The number of sulfone groups is 1. The van der Waals surface area contributed by atoms with E-state index >= 15 is 0 Å². The molecule has 1 heterocycles. The molecule has 2 N–H and O–H groups in total. The number of aryl methyl sites for hydroxylation is 1. The number of aliphatic carboxylic acids is 1. The molecule has 2 fully saturated rings. The molecular weight excluding hydrogens is 697 g/mol. The number of hydrogen-bond acceptors (Lipinski definition) is 6. The van der Waals surface area contributed by atoms with Gasteiger partial charge in [-0.15, -0.1) is 0 Å². The Kier molecular flexibility index (Phi) is 24.6. The molecule has 0 radical (unpaired) electrons. The molecular formula is C45H76N2O6S. The van der Waals surface area contributed by atoms with Gasteiger partial charge in [0.2, 0.25) is 0 Å². The number of carbonyl (C=O) groups excluding carboxylic acids is 1. The van der Waals surface area contributed by atoms with Crippen molar-refractivity contribution in [2.75, 3.05) is 39.3 Å². The summed E-state index contributed by atoms with van der Waals surface area (Å²) < 4.78 is 27.3. The van der Waals surface area contributed by atoms with Gasteiger partial charge in [-0.05, 0) is 97.2 Å². The van der Waals surface area contributed by atoms with Gasteiger partial charge in [-0.3, -0.25) is 9.69 Å². The summed E-state index contributed by atoms with van der Waals surface area (Å²) in [5.41, 5.74) is 4.12. The van der Waals surface area contributed by atoms with Gasteiger partial charge in [0, 0.05) is 39.1 Å². The first-order chi connectivity index (χ1) is 25.5. The Labute approximate surface area is 330 Å². The maximum atomic E-state index is 13.2. The summed E-state index contributed by atoms with van der Waals surface area (Å²) in [4.78, 5) is 27.3. The highest BCUT2D eigenvalue weighted by atomic mass is 32.2. The number of carboxylic acids is 1. The first-order valence-electron chi connectivity index (χ1n) is 20.6. The van der Waals surface area contributed by atoms with Crippen molar-refractivity contribution in [3.63, 3.8) is 0 Å². The molecule has 308 valence electrons. The number of benzene rings is 2. The summed E-state index contributed by atoms with van der Waals surface area (Å²) in [6.07, 6.45) is 16.2. The molecule has 2 aliphatic rings. The average Bonchev–Trinajstić information content (AvgIpc) is 3.11. The van der Waals surface area contributed by atoms with Crippen molar-refractivity contribution in [2.24, 2.45) is 23.7 Å². The number of hydrogen-bond donors (Lipinski definition) is 2. The highest BCUT2D eigenvalue weighted by molar-refractivity contribution is 7.90. The molecule has 1 amide bonds. The minimum Gasteiger partial charge on any atom is -0.480 e. The molecule has 9 heteroatoms. The molecule has 1 aliphatic heterocycles. The summed E-state index contributed by atoms with van der Waals surface area (Å²) in [5.74, 6) is 1.47. The molecule has 4 unspecified atom stereocenters. The number of ether oxygens (including phenoxy) is 1. The molecule has 0 spiro atoms. The molecule has 2 aromatic carbocycles. The number of carbonyl (C=O) groups is 2. The fraction of sp³-hybridized carbons (Fsp3) is 0.689. The van der Waals surface area contributed by atoms with E-state index in [4.69, 9.17) is 0 Å². The molecule has 4 rings (SSSR count). The van der Waals surface area contributed by atoms with Crippen LogP contribution in [0.15, 0.2) is 42.5 Å². The minimum atomic E-state index is -3.35. The zero-order valence-electron chi connectivity index (χ0n) is 35.6. The van der Waals surface area contributed by atoms with Gasteiger partial charge in [0.1, 0.15) is 15.9 Å². The normalized spacial score (nSPS) is 17.9. The van der Waals surface area contributed by atoms with Crippen LogP contribution < -0.4 is 5.32 Å². The number of carboxylic acid groups (broad SMARTS) is 1. The Morgan fingerprint density at radius 3 is 2.06 bits per heavy atom. The number of amides is 1. The summed E-state index contributed by atoms with van der Waals surface area (Å²) in [7, 11) is -0.103. The van der Waals surface area contributed by atoms with Crippen LogP contribution in [-0.4, -0.2) is 75.7 Å². The third-order valence-electron chi connectivity index (χ3n) is 10.5. The summed E-state index contributed by atoms with van der Waals surface area (Å²) in [6.45, 7) is 18.8. The van der Waals surface area contributed by atoms with Gasteiger partial charge in [-0.1, -0.05) is 123 Å². The lowest BCUT2D eigenvalue weighted by molar-refractivity contribution is -0.139. The SMILES string of the molecule is CC1CCCCC1.CCCC(C)CC(C)CC.COC.Cc1ccccc1-c1cc(CN2CCCC(C)C2)ccc1C(=O)NC(CCS(C)(=O)=O)C(=O)O. The Bertz CT molecular complexity index is 1460. The topological polar surface area (TPSA) is 113 Å². The van der Waals surface area contributed by atoms with E-state index < -0.39 is 27.8 Å². The van der Waals surface area contributed by atoms with Crippen LogP contribution in [0.25, 0.3) is 11.1 Å². The van der Waals surface area contributed by atoms with E-state index in [1.807, 2.05) is 43.3 Å². The largest absolute Gasteiger partial charge is 0.480 e. The van der Waals surface area contributed by atoms with Crippen LogP contribution in [0.2, 0.25) is 0 Å². The van der Waals surface area contributed by atoms with Crippen LogP contribution in [-0.2, 0) is 25.9 Å². The third kappa shape index (κ3) is 20.8. The van der Waals surface area contributed by atoms with E-state index in [-0.39, 0.29) is 12.2 Å². The second-order valence-corrected chi connectivity index (χ2v) is 18.5. The highest BCUT2D eigenvalue weighted by Crippen LogP contribution is 2.30. The molecule has 0 aromatic heterocycles. The molecule has 8 nitrogen and oxygen atoms in total. The van der Waals surface area contributed by atoms with E-state index in [0.29, 0.717) is 11.5 Å². The lowest BCUT2D eigenvalue weighted by Gasteiger charge is -2.31. The Hall–Kier alpha value is -2.75. The van der Waals surface area contributed by atoms with Gasteiger partial charge in [-0.2, -0.15) is 0 Å². The maximum Gasteiger partial charge on any atom is 0.326 e. The van der Waals surface area contributed by atoms with Crippen molar-refractivity contribution in [3.05, 3.63) is 59.2 Å². The van der Waals surface area contributed by atoms with Crippen LogP contribution >= 0.6 is 0 Å². The van der Waals surface area contributed by atoms with Crippen LogP contribution in [0, 0.1) is 30.6 Å². The molecule has 54 heavy (non-hydrogen) atoms. The van der Waals surface area contributed by atoms with Gasteiger partial charge in [0.25, 0.3) is 5.91 Å². The summed E-state index contributed by atoms with van der Waals surface area (Å²) >= 11 is 0. The molecule has 1 aliphatic carbocycles. The molecule has 4 atom stereocenters. The summed E-state index contributed by atoms with van der Waals surface area (Å²) in [6, 6.07) is 12.2. The quantitative estimate of drug-likeness (QED) is 0.197. The minimum absolute atomic E-state index is 0.190. The predicted octanol–water partition coefficient (Wildman–Crippen LogP) is 10.2. The zero-order chi connectivity index (χ0) is 40.7. The van der Waals surface area contributed by atoms with Crippen molar-refractivity contribution in [1.82, 2.24) is 10.2 Å². The van der Waals surface area contributed by atoms with Crippen LogP contribution in [0.4, 0.5) is 0 Å². The molecule has 2 aromatic rings. The molecule has 1 saturated heterocycles. The van der Waals surface area contributed by atoms with Crippen molar-refractivity contribution >= 4 is 21.7 Å². The Morgan fingerprint density at radius 1 is 0.907 bits per heavy atom. The van der Waals surface area contributed by atoms with Gasteiger partial charge < -0.3 is 15.2 Å². The van der Waals surface area contributed by atoms with Crippen molar-refractivity contribution in [3.8, 4) is 11.1 Å². The number of nitrogens with one attached hydrogen (secondary N) is 1. The summed E-state index contributed by atoms with van der Waals surface area (Å²) in [5, 5.41) is 12.1. The number of likely N-dealkylation sites (tertiary alicyclic amines) is 1.